The lowest BCUT2D eigenvalue weighted by atomic mass is 9.74. The largest absolute Gasteiger partial charge is 0.375 e. The van der Waals surface area contributed by atoms with Crippen molar-refractivity contribution in [2.45, 2.75) is 62.8 Å². The van der Waals surface area contributed by atoms with E-state index < -0.39 is 0 Å². The van der Waals surface area contributed by atoms with Crippen LogP contribution in [0.15, 0.2) is 0 Å². The average molecular weight is 225 g/mol. The van der Waals surface area contributed by atoms with Crippen molar-refractivity contribution >= 4 is 0 Å². The molecule has 1 N–H and O–H groups in total. The van der Waals surface area contributed by atoms with Gasteiger partial charge in [0, 0.05) is 13.0 Å². The van der Waals surface area contributed by atoms with Gasteiger partial charge in [-0.25, -0.2) is 0 Å². The minimum Gasteiger partial charge on any atom is -0.375 e. The molecule has 0 radical (unpaired) electrons. The van der Waals surface area contributed by atoms with Gasteiger partial charge in [-0.3, -0.25) is 0 Å². The summed E-state index contributed by atoms with van der Waals surface area (Å²) in [5.41, 5.74) is 0.232. The van der Waals surface area contributed by atoms with E-state index in [1.54, 1.807) is 0 Å². The number of nitrogens with one attached hydrogen (secondary N) is 1. The minimum absolute atomic E-state index is 0.232. The molecule has 0 aromatic rings. The third-order valence-corrected chi connectivity index (χ3v) is 4.38. The summed E-state index contributed by atoms with van der Waals surface area (Å²) in [5.74, 6) is 0. The summed E-state index contributed by atoms with van der Waals surface area (Å²) in [4.78, 5) is 0. The van der Waals surface area contributed by atoms with Gasteiger partial charge in [-0.1, -0.05) is 0 Å². The number of piperidine rings is 1. The lowest BCUT2D eigenvalue weighted by molar-refractivity contribution is -0.180. The Hall–Kier alpha value is -0.120. The van der Waals surface area contributed by atoms with Crippen LogP contribution in [-0.2, 0) is 9.47 Å². The Morgan fingerprint density at radius 1 is 1.06 bits per heavy atom. The van der Waals surface area contributed by atoms with E-state index >= 15 is 0 Å². The van der Waals surface area contributed by atoms with Crippen molar-refractivity contribution in [2.24, 2.45) is 0 Å². The van der Waals surface area contributed by atoms with E-state index in [-0.39, 0.29) is 5.60 Å². The van der Waals surface area contributed by atoms with Gasteiger partial charge in [-0.15, -0.1) is 0 Å². The molecular weight excluding hydrogens is 202 g/mol. The molecule has 92 valence electrons. The Labute approximate surface area is 97.9 Å². The van der Waals surface area contributed by atoms with Crippen LogP contribution in [0.2, 0.25) is 0 Å². The first kappa shape index (κ1) is 11.0. The molecule has 3 nitrogen and oxygen atoms in total. The molecule has 2 aliphatic heterocycles. The molecule has 0 aromatic carbocycles. The molecule has 3 rings (SSSR count). The Balaban J connectivity index is 1.50. The second kappa shape index (κ2) is 4.63. The molecule has 1 saturated carbocycles. The molecule has 1 aliphatic carbocycles. The fourth-order valence-corrected chi connectivity index (χ4v) is 3.22. The molecule has 16 heavy (non-hydrogen) atoms. The van der Waals surface area contributed by atoms with Crippen molar-refractivity contribution in [1.29, 1.82) is 0 Å². The number of hydrogen-bond acceptors (Lipinski definition) is 3. The molecule has 0 amide bonds. The van der Waals surface area contributed by atoms with E-state index in [1.807, 2.05) is 0 Å². The predicted octanol–water partition coefficient (Wildman–Crippen LogP) is 1.86. The molecule has 3 aliphatic rings. The van der Waals surface area contributed by atoms with E-state index in [0.29, 0.717) is 12.2 Å². The van der Waals surface area contributed by atoms with Crippen LogP contribution in [0.5, 0.6) is 0 Å². The zero-order chi connectivity index (χ0) is 10.8. The van der Waals surface area contributed by atoms with Gasteiger partial charge >= 0.3 is 0 Å². The summed E-state index contributed by atoms with van der Waals surface area (Å²) >= 11 is 0. The summed E-state index contributed by atoms with van der Waals surface area (Å²) < 4.78 is 12.2. The van der Waals surface area contributed by atoms with Gasteiger partial charge in [-0.2, -0.15) is 0 Å². The van der Waals surface area contributed by atoms with Crippen LogP contribution in [0.4, 0.5) is 0 Å². The van der Waals surface area contributed by atoms with Crippen LogP contribution in [0.1, 0.15) is 44.9 Å². The maximum atomic E-state index is 6.24. The summed E-state index contributed by atoms with van der Waals surface area (Å²) in [6.07, 6.45) is 9.47. The number of ether oxygens (including phenoxy) is 2. The van der Waals surface area contributed by atoms with Gasteiger partial charge in [0.2, 0.25) is 0 Å². The van der Waals surface area contributed by atoms with Crippen LogP contribution in [0.25, 0.3) is 0 Å². The van der Waals surface area contributed by atoms with Gasteiger partial charge < -0.3 is 14.8 Å². The fraction of sp³-hybridized carbons (Fsp3) is 1.00. The van der Waals surface area contributed by atoms with Gasteiger partial charge in [-0.05, 0) is 51.6 Å². The predicted molar refractivity (Wildman–Crippen MR) is 62.5 cm³/mol. The van der Waals surface area contributed by atoms with E-state index in [4.69, 9.17) is 9.47 Å². The molecule has 1 spiro atoms. The normalized spacial score (nSPS) is 34.9. The topological polar surface area (TPSA) is 30.5 Å². The van der Waals surface area contributed by atoms with Gasteiger partial charge in [0.15, 0.2) is 0 Å². The Kier molecular flexibility index (Phi) is 3.18. The molecule has 3 heteroatoms. The van der Waals surface area contributed by atoms with Crippen LogP contribution in [-0.4, -0.2) is 37.5 Å². The summed E-state index contributed by atoms with van der Waals surface area (Å²) in [6, 6.07) is 0. The average Bonchev–Trinajstić information content (AvgIpc) is 2.29. The van der Waals surface area contributed by atoms with Gasteiger partial charge in [0.05, 0.1) is 17.8 Å². The van der Waals surface area contributed by atoms with E-state index in [9.17, 15) is 0 Å². The molecule has 2 saturated heterocycles. The van der Waals surface area contributed by atoms with Crippen LogP contribution < -0.4 is 5.32 Å². The van der Waals surface area contributed by atoms with Crippen LogP contribution in [0.3, 0.4) is 0 Å². The van der Waals surface area contributed by atoms with Gasteiger partial charge in [0.1, 0.15) is 0 Å². The minimum atomic E-state index is 0.232. The lowest BCUT2D eigenvalue weighted by Crippen LogP contribution is -2.48. The van der Waals surface area contributed by atoms with Crippen molar-refractivity contribution < 1.29 is 9.47 Å². The van der Waals surface area contributed by atoms with E-state index in [0.717, 1.165) is 32.5 Å². The molecular formula is C13H23NO2. The molecule has 1 atom stereocenters. The third-order valence-electron chi connectivity index (χ3n) is 4.38. The molecule has 3 fully saturated rings. The third kappa shape index (κ3) is 2.27. The van der Waals surface area contributed by atoms with Crippen LogP contribution in [0, 0.1) is 0 Å². The molecule has 2 heterocycles. The van der Waals surface area contributed by atoms with Crippen molar-refractivity contribution in [3.8, 4) is 0 Å². The molecule has 0 aromatic heterocycles. The smallest absolute Gasteiger partial charge is 0.0707 e. The first-order valence-corrected chi connectivity index (χ1v) is 6.86. The lowest BCUT2D eigenvalue weighted by Gasteiger charge is -2.47. The number of hydrogen-bond donors (Lipinski definition) is 1. The highest BCUT2D eigenvalue weighted by Crippen LogP contribution is 2.43. The van der Waals surface area contributed by atoms with Crippen molar-refractivity contribution in [2.75, 3.05) is 19.7 Å². The highest BCUT2D eigenvalue weighted by atomic mass is 16.5. The zero-order valence-corrected chi connectivity index (χ0v) is 10.0. The Morgan fingerprint density at radius 2 is 1.88 bits per heavy atom. The highest BCUT2D eigenvalue weighted by molar-refractivity contribution is 4.94. The maximum absolute atomic E-state index is 6.24. The standard InChI is InChI=1S/C13H23NO2/c1-5-13(6-1)10-12(4-9-15-13)16-11-2-7-14-8-3-11/h11-12,14H,1-10H2. The first-order chi connectivity index (χ1) is 7.86. The second-order valence-electron chi connectivity index (χ2n) is 5.59. The number of rotatable bonds is 2. The monoisotopic (exact) mass is 225 g/mol. The van der Waals surface area contributed by atoms with Crippen LogP contribution >= 0.6 is 0 Å². The Bertz CT molecular complexity index is 234. The fourth-order valence-electron chi connectivity index (χ4n) is 3.22. The molecule has 0 bridgehead atoms. The Morgan fingerprint density at radius 3 is 2.56 bits per heavy atom. The van der Waals surface area contributed by atoms with Gasteiger partial charge in [0.25, 0.3) is 0 Å². The summed E-state index contributed by atoms with van der Waals surface area (Å²) in [5, 5.41) is 3.39. The highest BCUT2D eigenvalue weighted by Gasteiger charge is 2.43. The van der Waals surface area contributed by atoms with Crippen molar-refractivity contribution in [3.05, 3.63) is 0 Å². The summed E-state index contributed by atoms with van der Waals surface area (Å²) in [6.45, 7) is 3.16. The molecule has 1 unspecified atom stereocenters. The first-order valence-electron chi connectivity index (χ1n) is 6.86. The second-order valence-corrected chi connectivity index (χ2v) is 5.59. The van der Waals surface area contributed by atoms with Crippen molar-refractivity contribution in [3.63, 3.8) is 0 Å². The summed E-state index contributed by atoms with van der Waals surface area (Å²) in [7, 11) is 0. The quantitative estimate of drug-likeness (QED) is 0.778. The maximum Gasteiger partial charge on any atom is 0.0707 e. The zero-order valence-electron chi connectivity index (χ0n) is 10.0. The van der Waals surface area contributed by atoms with E-state index in [2.05, 4.69) is 5.32 Å². The van der Waals surface area contributed by atoms with Crippen molar-refractivity contribution in [1.82, 2.24) is 5.32 Å². The SMILES string of the molecule is C1CC2(C1)CC(OC1CCNCC1)CCO2. The van der Waals surface area contributed by atoms with E-state index in [1.165, 1.54) is 32.1 Å².